The van der Waals surface area contributed by atoms with E-state index in [-0.39, 0.29) is 18.4 Å². The number of ether oxygens (including phenoxy) is 1. The van der Waals surface area contributed by atoms with E-state index in [9.17, 15) is 9.59 Å². The summed E-state index contributed by atoms with van der Waals surface area (Å²) in [6.45, 7) is 7.76. The fraction of sp³-hybridized carbons (Fsp3) is 0.440. The summed E-state index contributed by atoms with van der Waals surface area (Å²) in [7, 11) is 0. The van der Waals surface area contributed by atoms with E-state index in [0.29, 0.717) is 18.0 Å². The number of anilines is 1. The highest BCUT2D eigenvalue weighted by Crippen LogP contribution is 2.33. The summed E-state index contributed by atoms with van der Waals surface area (Å²) in [6.07, 6.45) is 2.01. The van der Waals surface area contributed by atoms with Gasteiger partial charge in [0.05, 0.1) is 5.69 Å². The van der Waals surface area contributed by atoms with Crippen LogP contribution in [0.3, 0.4) is 0 Å². The summed E-state index contributed by atoms with van der Waals surface area (Å²) in [6, 6.07) is 15.7. The van der Waals surface area contributed by atoms with Gasteiger partial charge in [0.1, 0.15) is 12.3 Å². The van der Waals surface area contributed by atoms with Crippen LogP contribution in [-0.2, 0) is 22.7 Å². The molecule has 1 N–H and O–H groups in total. The molecule has 2 heterocycles. The van der Waals surface area contributed by atoms with E-state index in [1.54, 1.807) is 13.0 Å². The molecule has 31 heavy (non-hydrogen) atoms. The van der Waals surface area contributed by atoms with Gasteiger partial charge in [-0.25, -0.2) is 0 Å². The van der Waals surface area contributed by atoms with E-state index >= 15 is 0 Å². The Labute approximate surface area is 184 Å². The van der Waals surface area contributed by atoms with Crippen molar-refractivity contribution in [2.45, 2.75) is 45.9 Å². The molecule has 6 heteroatoms. The van der Waals surface area contributed by atoms with Crippen LogP contribution in [0.25, 0.3) is 0 Å². The van der Waals surface area contributed by atoms with E-state index in [4.69, 9.17) is 4.74 Å². The minimum Gasteiger partial charge on any atom is -0.479 e. The minimum absolute atomic E-state index is 0.0191. The molecule has 0 spiro atoms. The second kappa shape index (κ2) is 9.52. The molecule has 0 aromatic heterocycles. The molecule has 2 aliphatic heterocycles. The van der Waals surface area contributed by atoms with Gasteiger partial charge in [0, 0.05) is 19.6 Å². The number of para-hydroxylation sites is 2. The molecule has 2 aromatic rings. The fourth-order valence-corrected chi connectivity index (χ4v) is 4.37. The van der Waals surface area contributed by atoms with Crippen LogP contribution in [0, 0.1) is 5.92 Å². The second-order valence-corrected chi connectivity index (χ2v) is 8.73. The molecule has 2 atom stereocenters. The molecule has 164 valence electrons. The van der Waals surface area contributed by atoms with Gasteiger partial charge in [0.25, 0.3) is 5.91 Å². The van der Waals surface area contributed by atoms with Crippen molar-refractivity contribution >= 4 is 17.5 Å². The van der Waals surface area contributed by atoms with Crippen LogP contribution in [-0.4, -0.2) is 42.5 Å². The standard InChI is InChI=1S/C25H31N3O3/c1-18-6-5-13-27(15-18)16-21-11-9-20(10-12-21)14-26-24(29)17-28-22-7-3-4-8-23(22)31-19(2)25(28)30/h3-4,7-12,18-19H,5-6,13-17H2,1-2H3,(H,26,29). The number of carbonyl (C=O) groups excluding carboxylic acids is 2. The van der Waals surface area contributed by atoms with E-state index in [1.807, 2.05) is 18.2 Å². The topological polar surface area (TPSA) is 61.9 Å². The maximum Gasteiger partial charge on any atom is 0.268 e. The highest BCUT2D eigenvalue weighted by atomic mass is 16.5. The van der Waals surface area contributed by atoms with Crippen molar-refractivity contribution in [1.82, 2.24) is 10.2 Å². The zero-order valence-corrected chi connectivity index (χ0v) is 18.3. The average molecular weight is 422 g/mol. The third-order valence-electron chi connectivity index (χ3n) is 6.04. The lowest BCUT2D eigenvalue weighted by molar-refractivity contribution is -0.128. The first-order valence-corrected chi connectivity index (χ1v) is 11.1. The van der Waals surface area contributed by atoms with Gasteiger partial charge < -0.3 is 10.1 Å². The zero-order valence-electron chi connectivity index (χ0n) is 18.3. The Morgan fingerprint density at radius 2 is 1.84 bits per heavy atom. The molecule has 2 aromatic carbocycles. The van der Waals surface area contributed by atoms with Crippen LogP contribution in [0.15, 0.2) is 48.5 Å². The lowest BCUT2D eigenvalue weighted by Gasteiger charge is -2.32. The number of hydrogen-bond donors (Lipinski definition) is 1. The van der Waals surface area contributed by atoms with Crippen molar-refractivity contribution in [1.29, 1.82) is 0 Å². The Morgan fingerprint density at radius 1 is 1.10 bits per heavy atom. The molecular formula is C25H31N3O3. The van der Waals surface area contributed by atoms with Crippen LogP contribution in [0.2, 0.25) is 0 Å². The largest absolute Gasteiger partial charge is 0.479 e. The summed E-state index contributed by atoms with van der Waals surface area (Å²) in [5.74, 6) is 1.01. The van der Waals surface area contributed by atoms with E-state index in [1.165, 1.54) is 36.4 Å². The maximum absolute atomic E-state index is 12.6. The van der Waals surface area contributed by atoms with Gasteiger partial charge in [-0.3, -0.25) is 19.4 Å². The molecule has 2 amide bonds. The van der Waals surface area contributed by atoms with Gasteiger partial charge in [0.15, 0.2) is 6.10 Å². The monoisotopic (exact) mass is 421 g/mol. The van der Waals surface area contributed by atoms with Gasteiger partial charge in [-0.1, -0.05) is 43.3 Å². The molecule has 1 fully saturated rings. The number of nitrogens with zero attached hydrogens (tertiary/aromatic N) is 2. The highest BCUT2D eigenvalue weighted by Gasteiger charge is 2.32. The van der Waals surface area contributed by atoms with Crippen LogP contribution >= 0.6 is 0 Å². The van der Waals surface area contributed by atoms with Crippen molar-refractivity contribution in [3.63, 3.8) is 0 Å². The van der Waals surface area contributed by atoms with Crippen molar-refractivity contribution in [2.24, 2.45) is 5.92 Å². The van der Waals surface area contributed by atoms with Crippen molar-refractivity contribution < 1.29 is 14.3 Å². The number of rotatable bonds is 6. The Hall–Kier alpha value is -2.86. The normalized spacial score (nSPS) is 21.4. The summed E-state index contributed by atoms with van der Waals surface area (Å²) < 4.78 is 5.63. The van der Waals surface area contributed by atoms with Crippen LogP contribution in [0.5, 0.6) is 5.75 Å². The highest BCUT2D eigenvalue weighted by molar-refractivity contribution is 6.03. The molecular weight excluding hydrogens is 390 g/mol. The number of fused-ring (bicyclic) bond motifs is 1. The van der Waals surface area contributed by atoms with Crippen molar-refractivity contribution in [3.05, 3.63) is 59.7 Å². The summed E-state index contributed by atoms with van der Waals surface area (Å²) in [4.78, 5) is 29.1. The zero-order chi connectivity index (χ0) is 21.8. The van der Waals surface area contributed by atoms with Gasteiger partial charge >= 0.3 is 0 Å². The number of hydrogen-bond acceptors (Lipinski definition) is 4. The first kappa shape index (κ1) is 21.4. The third kappa shape index (κ3) is 5.25. The lowest BCUT2D eigenvalue weighted by atomic mass is 9.99. The first-order chi connectivity index (χ1) is 15.0. The number of likely N-dealkylation sites (tertiary alicyclic amines) is 1. The lowest BCUT2D eigenvalue weighted by Crippen LogP contribution is -2.48. The smallest absolute Gasteiger partial charge is 0.268 e. The molecule has 0 aliphatic carbocycles. The molecule has 0 bridgehead atoms. The number of nitrogens with one attached hydrogen (secondary N) is 1. The van der Waals surface area contributed by atoms with Crippen molar-refractivity contribution in [3.8, 4) is 5.75 Å². The summed E-state index contributed by atoms with van der Waals surface area (Å²) >= 11 is 0. The SMILES string of the molecule is CC1CCCN(Cc2ccc(CNC(=O)CN3C(=O)C(C)Oc4ccccc43)cc2)C1. The summed E-state index contributed by atoms with van der Waals surface area (Å²) in [5, 5.41) is 2.94. The third-order valence-corrected chi connectivity index (χ3v) is 6.04. The fourth-order valence-electron chi connectivity index (χ4n) is 4.37. The first-order valence-electron chi connectivity index (χ1n) is 11.1. The van der Waals surface area contributed by atoms with Gasteiger partial charge in [-0.05, 0) is 55.5 Å². The number of piperidine rings is 1. The summed E-state index contributed by atoms with van der Waals surface area (Å²) in [5.41, 5.74) is 2.98. The molecule has 6 nitrogen and oxygen atoms in total. The van der Waals surface area contributed by atoms with Gasteiger partial charge in [-0.15, -0.1) is 0 Å². The quantitative estimate of drug-likeness (QED) is 0.777. The van der Waals surface area contributed by atoms with Crippen LogP contribution in [0.1, 0.15) is 37.8 Å². The van der Waals surface area contributed by atoms with Gasteiger partial charge in [-0.2, -0.15) is 0 Å². The number of benzene rings is 2. The van der Waals surface area contributed by atoms with E-state index < -0.39 is 6.10 Å². The van der Waals surface area contributed by atoms with E-state index in [0.717, 1.165) is 18.0 Å². The molecule has 2 aliphatic rings. The molecule has 4 rings (SSSR count). The number of carbonyl (C=O) groups is 2. The Kier molecular flexibility index (Phi) is 6.56. The average Bonchev–Trinajstić information content (AvgIpc) is 2.76. The Morgan fingerprint density at radius 3 is 2.61 bits per heavy atom. The van der Waals surface area contributed by atoms with Crippen LogP contribution in [0.4, 0.5) is 5.69 Å². The minimum atomic E-state index is -0.599. The Balaban J connectivity index is 1.30. The molecule has 1 saturated heterocycles. The molecule has 0 radical (unpaired) electrons. The number of amides is 2. The molecule has 0 saturated carbocycles. The van der Waals surface area contributed by atoms with E-state index in [2.05, 4.69) is 41.4 Å². The predicted molar refractivity (Wildman–Crippen MR) is 121 cm³/mol. The van der Waals surface area contributed by atoms with Crippen LogP contribution < -0.4 is 15.0 Å². The second-order valence-electron chi connectivity index (χ2n) is 8.73. The van der Waals surface area contributed by atoms with Crippen molar-refractivity contribution in [2.75, 3.05) is 24.5 Å². The molecule has 2 unspecified atom stereocenters. The maximum atomic E-state index is 12.6. The Bertz CT molecular complexity index is 928. The predicted octanol–water partition coefficient (Wildman–Crippen LogP) is 3.35. The van der Waals surface area contributed by atoms with Gasteiger partial charge in [0.2, 0.25) is 5.91 Å².